The molecule has 0 spiro atoms. The van der Waals surface area contributed by atoms with Crippen LogP contribution >= 0.6 is 11.6 Å². The predicted octanol–water partition coefficient (Wildman–Crippen LogP) is 1.23. The molecule has 2 atom stereocenters. The molecule has 4 N–H and O–H groups in total. The van der Waals surface area contributed by atoms with Crippen molar-refractivity contribution in [2.45, 2.75) is 11.2 Å². The van der Waals surface area contributed by atoms with Crippen LogP contribution in [0.2, 0.25) is 0 Å². The van der Waals surface area contributed by atoms with Gasteiger partial charge in [-0.05, 0) is 0 Å². The predicted molar refractivity (Wildman–Crippen MR) is 39.2 cm³/mol. The molecule has 2 nitrogen and oxygen atoms in total. The van der Waals surface area contributed by atoms with E-state index in [1.54, 1.807) is 0 Å². The van der Waals surface area contributed by atoms with Crippen LogP contribution in [0, 0.1) is 0 Å². The summed E-state index contributed by atoms with van der Waals surface area (Å²) in [6.45, 7) is 0. The zero-order valence-electron chi connectivity index (χ0n) is 5.82. The van der Waals surface area contributed by atoms with E-state index in [4.69, 9.17) is 23.1 Å². The summed E-state index contributed by atoms with van der Waals surface area (Å²) < 4.78 is 38.1. The Bertz CT molecular complexity index is 272. The fraction of sp³-hybridized carbons (Fsp3) is 0.333. The Hall–Kier alpha value is -0.680. The Morgan fingerprint density at radius 1 is 1.50 bits per heavy atom. The second-order valence-electron chi connectivity index (χ2n) is 2.43. The molecule has 0 aromatic carbocycles. The summed E-state index contributed by atoms with van der Waals surface area (Å²) in [6.07, 6.45) is -1.87. The van der Waals surface area contributed by atoms with Gasteiger partial charge in [-0.3, -0.25) is 0 Å². The Morgan fingerprint density at radius 2 is 2.00 bits per heavy atom. The van der Waals surface area contributed by atoms with Crippen molar-refractivity contribution in [2.24, 2.45) is 11.5 Å². The van der Waals surface area contributed by atoms with E-state index >= 15 is 0 Å². The molecule has 1 rings (SSSR count). The second kappa shape index (κ2) is 2.67. The summed E-state index contributed by atoms with van der Waals surface area (Å²) in [5.41, 5.74) is 9.11. The maximum absolute atomic E-state index is 12.9. The van der Waals surface area contributed by atoms with E-state index in [1.807, 2.05) is 0 Å². The van der Waals surface area contributed by atoms with Crippen molar-refractivity contribution in [1.82, 2.24) is 0 Å². The highest BCUT2D eigenvalue weighted by Crippen LogP contribution is 2.35. The minimum Gasteiger partial charge on any atom is -0.397 e. The number of hydrogen-bond acceptors (Lipinski definition) is 2. The second-order valence-corrected chi connectivity index (χ2v) is 3.05. The van der Waals surface area contributed by atoms with Crippen LogP contribution in [0.4, 0.5) is 13.2 Å². The van der Waals surface area contributed by atoms with Crippen molar-refractivity contribution in [3.8, 4) is 0 Å². The van der Waals surface area contributed by atoms with Gasteiger partial charge in [-0.2, -0.15) is 0 Å². The summed E-state index contributed by atoms with van der Waals surface area (Å²) in [5.74, 6) is -2.45. The van der Waals surface area contributed by atoms with Crippen LogP contribution in [0.25, 0.3) is 0 Å². The van der Waals surface area contributed by atoms with Crippen LogP contribution in [0.15, 0.2) is 23.4 Å². The van der Waals surface area contributed by atoms with Gasteiger partial charge in [-0.15, -0.1) is 0 Å². The highest BCUT2D eigenvalue weighted by atomic mass is 35.5. The third-order valence-corrected chi connectivity index (χ3v) is 1.91. The average Bonchev–Trinajstić information content (AvgIpc) is 1.99. The van der Waals surface area contributed by atoms with E-state index in [2.05, 4.69) is 0 Å². The average molecular weight is 199 g/mol. The minimum absolute atomic E-state index is 0.373. The lowest BCUT2D eigenvalue weighted by Crippen LogP contribution is -2.48. The van der Waals surface area contributed by atoms with E-state index in [0.29, 0.717) is 6.08 Å². The molecule has 0 amide bonds. The van der Waals surface area contributed by atoms with Crippen molar-refractivity contribution in [3.05, 3.63) is 23.4 Å². The highest BCUT2D eigenvalue weighted by Gasteiger charge is 2.43. The van der Waals surface area contributed by atoms with Crippen molar-refractivity contribution in [3.63, 3.8) is 0 Å². The molecule has 68 valence electrons. The topological polar surface area (TPSA) is 52.0 Å². The standard InChI is InChI=1S/C6H6ClF3N2/c7-6(12)3(9)1-2(8)4(11)5(6)10/h1,5H,11-12H2. The van der Waals surface area contributed by atoms with Crippen molar-refractivity contribution < 1.29 is 13.2 Å². The summed E-state index contributed by atoms with van der Waals surface area (Å²) in [5, 5.41) is 0. The molecule has 0 aromatic rings. The van der Waals surface area contributed by atoms with Crippen LogP contribution < -0.4 is 11.5 Å². The molecule has 0 heterocycles. The lowest BCUT2D eigenvalue weighted by Gasteiger charge is -2.27. The van der Waals surface area contributed by atoms with Gasteiger partial charge in [-0.1, -0.05) is 11.6 Å². The largest absolute Gasteiger partial charge is 0.397 e. The van der Waals surface area contributed by atoms with Gasteiger partial charge in [0.1, 0.15) is 11.7 Å². The first-order chi connectivity index (χ1) is 5.37. The fourth-order valence-electron chi connectivity index (χ4n) is 0.774. The lowest BCUT2D eigenvalue weighted by molar-refractivity contribution is 0.277. The van der Waals surface area contributed by atoms with Crippen LogP contribution in [0.1, 0.15) is 0 Å². The van der Waals surface area contributed by atoms with Crippen LogP contribution in [0.5, 0.6) is 0 Å². The summed E-state index contributed by atoms with van der Waals surface area (Å²) in [4.78, 5) is -2.38. The van der Waals surface area contributed by atoms with E-state index in [-0.39, 0.29) is 0 Å². The first-order valence-electron chi connectivity index (χ1n) is 3.02. The molecule has 6 heteroatoms. The van der Waals surface area contributed by atoms with Gasteiger partial charge in [0.05, 0.1) is 5.70 Å². The first-order valence-corrected chi connectivity index (χ1v) is 3.40. The molecule has 0 aromatic heterocycles. The molecule has 2 unspecified atom stereocenters. The van der Waals surface area contributed by atoms with Gasteiger partial charge in [0, 0.05) is 6.08 Å². The van der Waals surface area contributed by atoms with Gasteiger partial charge in [0.15, 0.2) is 11.2 Å². The molecule has 12 heavy (non-hydrogen) atoms. The van der Waals surface area contributed by atoms with E-state index in [9.17, 15) is 13.2 Å². The van der Waals surface area contributed by atoms with Crippen molar-refractivity contribution in [2.75, 3.05) is 0 Å². The zero-order valence-corrected chi connectivity index (χ0v) is 6.58. The summed E-state index contributed by atoms with van der Waals surface area (Å²) in [6, 6.07) is 0. The maximum Gasteiger partial charge on any atom is 0.180 e. The third-order valence-electron chi connectivity index (χ3n) is 1.54. The lowest BCUT2D eigenvalue weighted by atomic mass is 10.0. The van der Waals surface area contributed by atoms with Gasteiger partial charge in [-0.25, -0.2) is 13.2 Å². The molecule has 0 bridgehead atoms. The molecule has 0 fully saturated rings. The Balaban J connectivity index is 3.16. The van der Waals surface area contributed by atoms with Crippen molar-refractivity contribution in [1.29, 1.82) is 0 Å². The molecular formula is C6H6ClF3N2. The molecular weight excluding hydrogens is 193 g/mol. The monoisotopic (exact) mass is 198 g/mol. The van der Waals surface area contributed by atoms with E-state index < -0.39 is 28.5 Å². The fourth-order valence-corrected chi connectivity index (χ4v) is 0.946. The number of alkyl halides is 2. The van der Waals surface area contributed by atoms with Gasteiger partial charge < -0.3 is 11.5 Å². The number of hydrogen-bond donors (Lipinski definition) is 2. The number of rotatable bonds is 0. The highest BCUT2D eigenvalue weighted by molar-refractivity contribution is 6.26. The number of halogens is 4. The summed E-state index contributed by atoms with van der Waals surface area (Å²) >= 11 is 5.21. The smallest absolute Gasteiger partial charge is 0.180 e. The van der Waals surface area contributed by atoms with E-state index in [1.165, 1.54) is 0 Å². The van der Waals surface area contributed by atoms with Gasteiger partial charge in [0.25, 0.3) is 0 Å². The summed E-state index contributed by atoms with van der Waals surface area (Å²) in [7, 11) is 0. The molecule has 1 aliphatic carbocycles. The zero-order chi connectivity index (χ0) is 9.52. The van der Waals surface area contributed by atoms with E-state index in [0.717, 1.165) is 0 Å². The normalized spacial score (nSPS) is 36.8. The Labute approximate surface area is 71.7 Å². The van der Waals surface area contributed by atoms with Gasteiger partial charge >= 0.3 is 0 Å². The van der Waals surface area contributed by atoms with Crippen LogP contribution in [-0.2, 0) is 0 Å². The maximum atomic E-state index is 12.9. The third kappa shape index (κ3) is 1.19. The molecule has 0 saturated carbocycles. The molecule has 1 aliphatic rings. The quantitative estimate of drug-likeness (QED) is 0.454. The number of nitrogens with two attached hydrogens (primary N) is 2. The van der Waals surface area contributed by atoms with Crippen LogP contribution in [-0.4, -0.2) is 11.2 Å². The molecule has 0 radical (unpaired) electrons. The van der Waals surface area contributed by atoms with Crippen molar-refractivity contribution >= 4 is 11.6 Å². The SMILES string of the molecule is NC1=C(F)C=C(F)C(N)(Cl)C1F. The minimum atomic E-state index is -2.38. The Morgan fingerprint density at radius 3 is 2.50 bits per heavy atom. The van der Waals surface area contributed by atoms with Gasteiger partial charge in [0.2, 0.25) is 0 Å². The Kier molecular flexibility index (Phi) is 2.09. The first kappa shape index (κ1) is 9.41. The molecule has 0 saturated heterocycles. The van der Waals surface area contributed by atoms with Crippen LogP contribution in [0.3, 0.4) is 0 Å². The number of allylic oxidation sites excluding steroid dienone is 2. The molecule has 0 aliphatic heterocycles.